The number of nitrogens with one attached hydrogen (secondary N) is 1. The number of allylic oxidation sites excluding steroid dienone is 1. The summed E-state index contributed by atoms with van der Waals surface area (Å²) in [7, 11) is 0. The SMILES string of the molecule is CCCCCCCCCCCOC(=C=O)CCCNCCCCN(CCCC(=O)O)CCCC(=O)O. The molecule has 8 nitrogen and oxygen atoms in total. The highest BCUT2D eigenvalue weighted by molar-refractivity contribution is 5.66. The summed E-state index contributed by atoms with van der Waals surface area (Å²) in [5.41, 5.74) is 0. The molecule has 36 heavy (non-hydrogen) atoms. The van der Waals surface area contributed by atoms with Crippen LogP contribution in [0.25, 0.3) is 0 Å². The zero-order chi connectivity index (χ0) is 26.7. The van der Waals surface area contributed by atoms with Gasteiger partial charge < -0.3 is 25.2 Å². The highest BCUT2D eigenvalue weighted by atomic mass is 16.5. The van der Waals surface area contributed by atoms with Crippen LogP contribution < -0.4 is 5.32 Å². The first-order valence-electron chi connectivity index (χ1n) is 14.2. The highest BCUT2D eigenvalue weighted by Crippen LogP contribution is 2.11. The van der Waals surface area contributed by atoms with E-state index in [1.54, 1.807) is 0 Å². The van der Waals surface area contributed by atoms with Gasteiger partial charge in [-0.25, -0.2) is 4.79 Å². The molecule has 210 valence electrons. The van der Waals surface area contributed by atoms with Gasteiger partial charge >= 0.3 is 11.9 Å². The molecule has 0 heterocycles. The predicted molar refractivity (Wildman–Crippen MR) is 144 cm³/mol. The number of ether oxygens (including phenoxy) is 1. The van der Waals surface area contributed by atoms with Crippen LogP contribution >= 0.6 is 0 Å². The number of carboxylic acids is 2. The third kappa shape index (κ3) is 25.2. The molecule has 0 aliphatic carbocycles. The van der Waals surface area contributed by atoms with E-state index in [0.717, 1.165) is 51.7 Å². The second-order valence-corrected chi connectivity index (χ2v) is 9.60. The molecule has 0 saturated heterocycles. The van der Waals surface area contributed by atoms with Crippen molar-refractivity contribution >= 4 is 17.9 Å². The van der Waals surface area contributed by atoms with Crippen molar-refractivity contribution in [2.24, 2.45) is 0 Å². The van der Waals surface area contributed by atoms with Crippen LogP contribution in [0.2, 0.25) is 0 Å². The Labute approximate surface area is 218 Å². The van der Waals surface area contributed by atoms with Crippen molar-refractivity contribution in [2.45, 2.75) is 116 Å². The number of carbonyl (C=O) groups is 2. The lowest BCUT2D eigenvalue weighted by atomic mass is 10.1. The summed E-state index contributed by atoms with van der Waals surface area (Å²) in [6.45, 7) is 6.72. The molecule has 0 unspecified atom stereocenters. The van der Waals surface area contributed by atoms with Gasteiger partial charge in [0.2, 0.25) is 0 Å². The van der Waals surface area contributed by atoms with E-state index in [0.29, 0.717) is 44.7 Å². The van der Waals surface area contributed by atoms with Gasteiger partial charge in [-0.1, -0.05) is 58.3 Å². The van der Waals surface area contributed by atoms with E-state index in [4.69, 9.17) is 14.9 Å². The van der Waals surface area contributed by atoms with E-state index < -0.39 is 11.9 Å². The Bertz CT molecular complexity index is 573. The van der Waals surface area contributed by atoms with E-state index in [-0.39, 0.29) is 12.8 Å². The summed E-state index contributed by atoms with van der Waals surface area (Å²) in [6.07, 6.45) is 16.1. The molecule has 0 saturated carbocycles. The molecule has 8 heteroatoms. The summed E-state index contributed by atoms with van der Waals surface area (Å²) < 4.78 is 5.60. The second-order valence-electron chi connectivity index (χ2n) is 9.60. The molecule has 3 N–H and O–H groups in total. The maximum absolute atomic E-state index is 11.1. The van der Waals surface area contributed by atoms with E-state index in [1.807, 2.05) is 5.94 Å². The second kappa shape index (κ2) is 26.2. The van der Waals surface area contributed by atoms with Gasteiger partial charge in [-0.15, -0.1) is 0 Å². The fourth-order valence-corrected chi connectivity index (χ4v) is 4.09. The molecule has 0 aliphatic heterocycles. The summed E-state index contributed by atoms with van der Waals surface area (Å²) >= 11 is 0. The molecule has 0 rings (SSSR count). The molecule has 0 atom stereocenters. The topological polar surface area (TPSA) is 116 Å². The van der Waals surface area contributed by atoms with Crippen molar-refractivity contribution in [3.63, 3.8) is 0 Å². The van der Waals surface area contributed by atoms with E-state index >= 15 is 0 Å². The molecule has 0 aliphatic rings. The van der Waals surface area contributed by atoms with Crippen LogP contribution in [0, 0.1) is 0 Å². The molecule has 0 aromatic heterocycles. The number of hydrogen-bond acceptors (Lipinski definition) is 6. The lowest BCUT2D eigenvalue weighted by Crippen LogP contribution is -2.29. The van der Waals surface area contributed by atoms with Gasteiger partial charge in [0.1, 0.15) is 0 Å². The minimum atomic E-state index is -0.800. The number of nitrogens with zero attached hydrogens (tertiary/aromatic N) is 1. The van der Waals surface area contributed by atoms with E-state index in [9.17, 15) is 14.4 Å². The fraction of sp³-hybridized carbons (Fsp3) is 0.857. The molecule has 0 aromatic rings. The Kier molecular flexibility index (Phi) is 24.8. The van der Waals surface area contributed by atoms with Crippen molar-refractivity contribution in [3.05, 3.63) is 5.76 Å². The minimum absolute atomic E-state index is 0.136. The van der Waals surface area contributed by atoms with Gasteiger partial charge in [-0.05, 0) is 71.2 Å². The van der Waals surface area contributed by atoms with Crippen LogP contribution in [-0.4, -0.2) is 72.3 Å². The Morgan fingerprint density at radius 2 is 1.22 bits per heavy atom. The first-order valence-corrected chi connectivity index (χ1v) is 14.2. The van der Waals surface area contributed by atoms with Crippen molar-refractivity contribution < 1.29 is 29.3 Å². The zero-order valence-corrected chi connectivity index (χ0v) is 22.7. The summed E-state index contributed by atoms with van der Waals surface area (Å²) in [4.78, 5) is 34.7. The molecule has 0 spiro atoms. The predicted octanol–water partition coefficient (Wildman–Crippen LogP) is 5.43. The van der Waals surface area contributed by atoms with Gasteiger partial charge in [-0.3, -0.25) is 9.59 Å². The molecule has 0 bridgehead atoms. The zero-order valence-electron chi connectivity index (χ0n) is 22.7. The number of carbonyl (C=O) groups excluding carboxylic acids is 1. The highest BCUT2D eigenvalue weighted by Gasteiger charge is 2.08. The lowest BCUT2D eigenvalue weighted by Gasteiger charge is -2.21. The van der Waals surface area contributed by atoms with Crippen molar-refractivity contribution in [1.82, 2.24) is 10.2 Å². The fourth-order valence-electron chi connectivity index (χ4n) is 4.09. The summed E-state index contributed by atoms with van der Waals surface area (Å²) in [5, 5.41) is 21.0. The third-order valence-electron chi connectivity index (χ3n) is 6.20. The van der Waals surface area contributed by atoms with Crippen LogP contribution in [0.4, 0.5) is 0 Å². The van der Waals surface area contributed by atoms with Gasteiger partial charge in [-0.2, -0.15) is 0 Å². The van der Waals surface area contributed by atoms with Crippen molar-refractivity contribution in [1.29, 1.82) is 0 Å². The number of aliphatic carboxylic acids is 2. The normalized spacial score (nSPS) is 10.9. The quantitative estimate of drug-likeness (QED) is 0.0722. The average molecular weight is 513 g/mol. The maximum Gasteiger partial charge on any atom is 0.303 e. The standard InChI is InChI=1S/C28H52N2O6/c1-2-3-4-5-6-7-8-9-12-24-36-26(25-31)16-13-20-29-19-10-11-21-30(22-14-17-27(32)33)23-15-18-28(34)35/h29H,2-24H2,1H3,(H,32,33)(H,34,35). The molecular formula is C28H52N2O6. The Hall–Kier alpha value is -1.89. The molecule has 0 aromatic carbocycles. The average Bonchev–Trinajstić information content (AvgIpc) is 2.84. The Morgan fingerprint density at radius 1 is 0.694 bits per heavy atom. The van der Waals surface area contributed by atoms with Gasteiger partial charge in [0, 0.05) is 19.3 Å². The van der Waals surface area contributed by atoms with Crippen molar-refractivity contribution in [2.75, 3.05) is 39.3 Å². The summed E-state index contributed by atoms with van der Waals surface area (Å²) in [5.74, 6) is 0.767. The van der Waals surface area contributed by atoms with Crippen LogP contribution in [0.15, 0.2) is 5.76 Å². The molecule has 0 fully saturated rings. The Morgan fingerprint density at radius 3 is 1.78 bits per heavy atom. The van der Waals surface area contributed by atoms with Gasteiger partial charge in [0.05, 0.1) is 6.61 Å². The summed E-state index contributed by atoms with van der Waals surface area (Å²) in [6, 6.07) is 0. The third-order valence-corrected chi connectivity index (χ3v) is 6.20. The van der Waals surface area contributed by atoms with Crippen molar-refractivity contribution in [3.8, 4) is 0 Å². The van der Waals surface area contributed by atoms with Crippen LogP contribution in [-0.2, 0) is 19.1 Å². The van der Waals surface area contributed by atoms with E-state index in [1.165, 1.54) is 44.9 Å². The van der Waals surface area contributed by atoms with E-state index in [2.05, 4.69) is 17.1 Å². The van der Waals surface area contributed by atoms with Crippen LogP contribution in [0.1, 0.15) is 116 Å². The van der Waals surface area contributed by atoms with Crippen LogP contribution in [0.5, 0.6) is 0 Å². The number of unbranched alkanes of at least 4 members (excludes halogenated alkanes) is 9. The largest absolute Gasteiger partial charge is 0.487 e. The van der Waals surface area contributed by atoms with Gasteiger partial charge in [0.25, 0.3) is 0 Å². The van der Waals surface area contributed by atoms with Gasteiger partial charge in [0.15, 0.2) is 11.7 Å². The lowest BCUT2D eigenvalue weighted by molar-refractivity contribution is -0.138. The number of hydrogen-bond donors (Lipinski definition) is 3. The first-order chi connectivity index (χ1) is 17.5. The smallest absolute Gasteiger partial charge is 0.303 e. The molecular weight excluding hydrogens is 460 g/mol. The molecule has 0 radical (unpaired) electrons. The number of carboxylic acid groups (broad SMARTS) is 2. The molecule has 0 amide bonds. The maximum atomic E-state index is 11.1. The minimum Gasteiger partial charge on any atom is -0.487 e. The Balaban J connectivity index is 3.73. The van der Waals surface area contributed by atoms with Crippen LogP contribution in [0.3, 0.4) is 0 Å². The first kappa shape index (κ1) is 34.1. The number of rotatable bonds is 28. The monoisotopic (exact) mass is 512 g/mol.